The van der Waals surface area contributed by atoms with E-state index in [1.54, 1.807) is 0 Å². The Bertz CT molecular complexity index is 707. The summed E-state index contributed by atoms with van der Waals surface area (Å²) in [7, 11) is 0. The molecule has 2 rings (SSSR count). The molecule has 2 aromatic rings. The van der Waals surface area contributed by atoms with Crippen LogP contribution in [0, 0.1) is 0 Å². The average Bonchev–Trinajstić information content (AvgIpc) is 2.96. The van der Waals surface area contributed by atoms with E-state index in [-0.39, 0.29) is 12.4 Å². The lowest BCUT2D eigenvalue weighted by Crippen LogP contribution is -3.00. The predicted molar refractivity (Wildman–Crippen MR) is 174 cm³/mol. The largest absolute Gasteiger partial charge is 1.00 e. The van der Waals surface area contributed by atoms with Gasteiger partial charge in [0.25, 0.3) is 0 Å². The van der Waals surface area contributed by atoms with E-state index in [1.807, 2.05) is 0 Å². The minimum Gasteiger partial charge on any atom is -1.00 e. The molecule has 0 saturated carbocycles. The van der Waals surface area contributed by atoms with Crippen molar-refractivity contribution in [2.75, 3.05) is 13.1 Å². The van der Waals surface area contributed by atoms with Gasteiger partial charge in [0.15, 0.2) is 0 Å². The molecule has 0 heterocycles. The van der Waals surface area contributed by atoms with Gasteiger partial charge in [-0.05, 0) is 25.7 Å². The topological polar surface area (TPSA) is 0 Å². The van der Waals surface area contributed by atoms with Crippen molar-refractivity contribution < 1.29 is 16.9 Å². The van der Waals surface area contributed by atoms with E-state index in [1.165, 1.54) is 170 Å². The highest BCUT2D eigenvalue weighted by atomic mass is 35.5. The van der Waals surface area contributed by atoms with E-state index in [2.05, 4.69) is 74.5 Å². The summed E-state index contributed by atoms with van der Waals surface area (Å²) < 4.78 is 1.22. The maximum absolute atomic E-state index is 2.36. The third kappa shape index (κ3) is 18.2. The van der Waals surface area contributed by atoms with Gasteiger partial charge in [-0.2, -0.15) is 0 Å². The van der Waals surface area contributed by atoms with Gasteiger partial charge in [-0.25, -0.2) is 0 Å². The average molecular weight is 570 g/mol. The molecule has 0 atom stereocenters. The molecule has 0 amide bonds. The highest BCUT2D eigenvalue weighted by Gasteiger charge is 2.27. The van der Waals surface area contributed by atoms with Crippen molar-refractivity contribution in [2.45, 2.75) is 155 Å². The van der Waals surface area contributed by atoms with Gasteiger partial charge in [-0.3, -0.25) is 0 Å². The quantitative estimate of drug-likeness (QED) is 0.0782. The van der Waals surface area contributed by atoms with Crippen LogP contribution in [0.4, 0.5) is 0 Å². The Morgan fingerprint density at radius 3 is 0.950 bits per heavy atom. The molecule has 0 aliphatic rings. The van der Waals surface area contributed by atoms with Crippen molar-refractivity contribution >= 4 is 0 Å². The first-order valence-corrected chi connectivity index (χ1v) is 17.2. The van der Waals surface area contributed by atoms with Crippen LogP contribution in [0.1, 0.15) is 153 Å². The van der Waals surface area contributed by atoms with Crippen LogP contribution in [0.3, 0.4) is 0 Å². The van der Waals surface area contributed by atoms with Crippen LogP contribution in [-0.4, -0.2) is 17.6 Å². The van der Waals surface area contributed by atoms with Gasteiger partial charge in [0.05, 0.1) is 13.1 Å². The van der Waals surface area contributed by atoms with Gasteiger partial charge in [-0.15, -0.1) is 0 Å². The van der Waals surface area contributed by atoms with Crippen LogP contribution in [0.2, 0.25) is 0 Å². The van der Waals surface area contributed by atoms with Gasteiger partial charge >= 0.3 is 0 Å². The van der Waals surface area contributed by atoms with Gasteiger partial charge in [0.2, 0.25) is 0 Å². The molecule has 0 N–H and O–H groups in total. The molecular formula is C38H64ClN. The molecule has 0 radical (unpaired) electrons. The third-order valence-corrected chi connectivity index (χ3v) is 8.69. The Morgan fingerprint density at radius 2 is 0.650 bits per heavy atom. The minimum absolute atomic E-state index is 0. The van der Waals surface area contributed by atoms with E-state index < -0.39 is 0 Å². The Balaban J connectivity index is 0.00000800. The number of quaternary nitrogens is 1. The smallest absolute Gasteiger partial charge is 0.105 e. The summed E-state index contributed by atoms with van der Waals surface area (Å²) in [6, 6.07) is 22.7. The number of benzene rings is 2. The first-order chi connectivity index (χ1) is 19.3. The van der Waals surface area contributed by atoms with E-state index in [9.17, 15) is 0 Å². The van der Waals surface area contributed by atoms with E-state index in [0.29, 0.717) is 0 Å². The van der Waals surface area contributed by atoms with Crippen molar-refractivity contribution in [2.24, 2.45) is 0 Å². The molecule has 0 aromatic heterocycles. The van der Waals surface area contributed by atoms with Crippen molar-refractivity contribution in [1.82, 2.24) is 0 Å². The fourth-order valence-electron chi connectivity index (χ4n) is 6.29. The minimum atomic E-state index is 0. The molecule has 0 saturated heterocycles. The Hall–Kier alpha value is -1.31. The molecule has 228 valence electrons. The normalized spacial score (nSPS) is 11.4. The van der Waals surface area contributed by atoms with Crippen molar-refractivity contribution in [3.05, 3.63) is 71.8 Å². The molecular weight excluding hydrogens is 506 g/mol. The maximum atomic E-state index is 2.36. The van der Waals surface area contributed by atoms with E-state index in [4.69, 9.17) is 0 Å². The zero-order valence-electron chi connectivity index (χ0n) is 26.6. The second-order valence-corrected chi connectivity index (χ2v) is 12.4. The van der Waals surface area contributed by atoms with E-state index in [0.717, 1.165) is 0 Å². The predicted octanol–water partition coefficient (Wildman–Crippen LogP) is 9.05. The first-order valence-electron chi connectivity index (χ1n) is 17.2. The van der Waals surface area contributed by atoms with Gasteiger partial charge < -0.3 is 16.9 Å². The fraction of sp³-hybridized carbons (Fsp3) is 0.684. The van der Waals surface area contributed by atoms with Crippen LogP contribution in [0.5, 0.6) is 0 Å². The van der Waals surface area contributed by atoms with Crippen molar-refractivity contribution in [3.63, 3.8) is 0 Å². The lowest BCUT2D eigenvalue weighted by molar-refractivity contribution is -0.954. The summed E-state index contributed by atoms with van der Waals surface area (Å²) in [4.78, 5) is 0. The summed E-state index contributed by atoms with van der Waals surface area (Å²) in [6.45, 7) is 9.60. The van der Waals surface area contributed by atoms with Gasteiger partial charge in [0.1, 0.15) is 13.1 Å². The number of unbranched alkanes of at least 4 members (excludes halogenated alkanes) is 18. The molecule has 2 heteroatoms. The second-order valence-electron chi connectivity index (χ2n) is 12.4. The van der Waals surface area contributed by atoms with Crippen LogP contribution >= 0.6 is 0 Å². The molecule has 0 unspecified atom stereocenters. The lowest BCUT2D eigenvalue weighted by atomic mass is 10.0. The van der Waals surface area contributed by atoms with Crippen molar-refractivity contribution in [3.8, 4) is 0 Å². The summed E-state index contributed by atoms with van der Waals surface area (Å²) >= 11 is 0. The Kier molecular flexibility index (Phi) is 23.3. The maximum Gasteiger partial charge on any atom is 0.105 e. The summed E-state index contributed by atoms with van der Waals surface area (Å²) in [5, 5.41) is 0. The summed E-state index contributed by atoms with van der Waals surface area (Å²) in [5.41, 5.74) is 3.01. The number of hydrogen-bond donors (Lipinski definition) is 0. The fourth-order valence-corrected chi connectivity index (χ4v) is 6.29. The number of hydrogen-bond acceptors (Lipinski definition) is 0. The Labute approximate surface area is 256 Å². The summed E-state index contributed by atoms with van der Waals surface area (Å²) in [6.07, 6.45) is 28.3. The molecule has 2 aromatic carbocycles. The lowest BCUT2D eigenvalue weighted by Gasteiger charge is -2.39. The molecule has 1 nitrogen and oxygen atoms in total. The third-order valence-electron chi connectivity index (χ3n) is 8.69. The SMILES string of the molecule is CCCCCCCCCCCC[N+](CCCCCCCCCCCC)(Cc1ccccc1)Cc1ccccc1.[Cl-]. The zero-order chi connectivity index (χ0) is 27.7. The monoisotopic (exact) mass is 569 g/mol. The number of halogens is 1. The van der Waals surface area contributed by atoms with E-state index >= 15 is 0 Å². The van der Waals surface area contributed by atoms with Gasteiger partial charge in [0, 0.05) is 11.1 Å². The van der Waals surface area contributed by atoms with Crippen LogP contribution in [0.25, 0.3) is 0 Å². The van der Waals surface area contributed by atoms with Crippen LogP contribution in [0.15, 0.2) is 60.7 Å². The summed E-state index contributed by atoms with van der Waals surface area (Å²) in [5.74, 6) is 0. The molecule has 40 heavy (non-hydrogen) atoms. The highest BCUT2D eigenvalue weighted by Crippen LogP contribution is 2.24. The molecule has 0 bridgehead atoms. The molecule has 0 aliphatic heterocycles. The molecule has 0 aliphatic carbocycles. The molecule has 0 fully saturated rings. The van der Waals surface area contributed by atoms with Gasteiger partial charge in [-0.1, -0.05) is 177 Å². The second kappa shape index (κ2) is 25.4. The Morgan fingerprint density at radius 1 is 0.375 bits per heavy atom. The zero-order valence-corrected chi connectivity index (χ0v) is 27.3. The standard InChI is InChI=1S/C38H64N.ClH/c1-3-5-7-9-11-13-15-17-19-27-33-39(35-37-29-23-21-24-30-37,36-38-31-25-22-26-32-38)34-28-20-18-16-14-12-10-8-6-4-2;/h21-26,29-32H,3-20,27-28,33-36H2,1-2H3;1H/q+1;/p-1. The highest BCUT2D eigenvalue weighted by molar-refractivity contribution is 5.15. The molecule has 0 spiro atoms. The number of nitrogens with zero attached hydrogens (tertiary/aromatic N) is 1. The van der Waals surface area contributed by atoms with Crippen LogP contribution in [-0.2, 0) is 13.1 Å². The van der Waals surface area contributed by atoms with Crippen molar-refractivity contribution in [1.29, 1.82) is 0 Å². The number of rotatable bonds is 26. The first kappa shape index (κ1) is 36.7. The van der Waals surface area contributed by atoms with Crippen LogP contribution < -0.4 is 12.4 Å².